The van der Waals surface area contributed by atoms with Gasteiger partial charge < -0.3 is 0 Å². The molecule has 1 aromatic carbocycles. The summed E-state index contributed by atoms with van der Waals surface area (Å²) in [5.41, 5.74) is 4.23. The molecule has 1 atom stereocenters. The predicted molar refractivity (Wildman–Crippen MR) is 113 cm³/mol. The zero-order valence-corrected chi connectivity index (χ0v) is 18.0. The lowest BCUT2D eigenvalue weighted by Gasteiger charge is -2.13. The molecule has 0 spiro atoms. The third-order valence-electron chi connectivity index (χ3n) is 5.44. The Balaban J connectivity index is 2.00. The zero-order chi connectivity index (χ0) is 19.3. The van der Waals surface area contributed by atoms with Crippen molar-refractivity contribution in [3.63, 3.8) is 0 Å². The smallest absolute Gasteiger partial charge is 0.241 e. The number of rotatable bonds is 4. The number of thiophene rings is 1. The first kappa shape index (κ1) is 18.8. The summed E-state index contributed by atoms with van der Waals surface area (Å²) in [6.45, 7) is 6.30. The van der Waals surface area contributed by atoms with Crippen molar-refractivity contribution in [1.82, 2.24) is 3.97 Å². The summed E-state index contributed by atoms with van der Waals surface area (Å²) in [4.78, 5) is 2.56. The van der Waals surface area contributed by atoms with E-state index in [-0.39, 0.29) is 4.90 Å². The van der Waals surface area contributed by atoms with E-state index in [1.54, 1.807) is 29.5 Å². The number of aromatic nitrogens is 1. The standard InChI is InChI=1S/C21H22ClNO2S2/c1-4-15-8-9-18-20(15)12-23(21(18)19-10-13(2)26-14(19)3)27(24,25)17-7-5-6-16(22)11-17/h5-7,10-12,15H,4,8-9H2,1-3H3. The molecule has 2 aromatic heterocycles. The lowest BCUT2D eigenvalue weighted by Crippen LogP contribution is -2.14. The van der Waals surface area contributed by atoms with E-state index >= 15 is 0 Å². The fourth-order valence-electron chi connectivity index (χ4n) is 4.13. The van der Waals surface area contributed by atoms with Gasteiger partial charge in [-0.05, 0) is 74.4 Å². The molecule has 142 valence electrons. The van der Waals surface area contributed by atoms with Crippen LogP contribution >= 0.6 is 22.9 Å². The highest BCUT2D eigenvalue weighted by atomic mass is 35.5. The maximum Gasteiger partial charge on any atom is 0.268 e. The highest BCUT2D eigenvalue weighted by Crippen LogP contribution is 2.45. The highest BCUT2D eigenvalue weighted by Gasteiger charge is 2.33. The minimum atomic E-state index is -3.72. The summed E-state index contributed by atoms with van der Waals surface area (Å²) in [6.07, 6.45) is 4.90. The summed E-state index contributed by atoms with van der Waals surface area (Å²) in [5, 5.41) is 0.423. The van der Waals surface area contributed by atoms with Gasteiger partial charge in [0.25, 0.3) is 10.0 Å². The molecule has 0 aliphatic heterocycles. The summed E-state index contributed by atoms with van der Waals surface area (Å²) >= 11 is 7.78. The average molecular weight is 420 g/mol. The summed E-state index contributed by atoms with van der Waals surface area (Å²) in [6, 6.07) is 8.62. The van der Waals surface area contributed by atoms with Crippen LogP contribution in [0.4, 0.5) is 0 Å². The van der Waals surface area contributed by atoms with Gasteiger partial charge >= 0.3 is 0 Å². The van der Waals surface area contributed by atoms with Gasteiger partial charge in [0.05, 0.1) is 10.6 Å². The molecule has 6 heteroatoms. The molecular formula is C21H22ClNO2S2. The van der Waals surface area contributed by atoms with E-state index in [9.17, 15) is 8.42 Å². The summed E-state index contributed by atoms with van der Waals surface area (Å²) < 4.78 is 28.5. The van der Waals surface area contributed by atoms with Gasteiger partial charge in [0.2, 0.25) is 0 Å². The average Bonchev–Trinajstić information content (AvgIpc) is 3.27. The Bertz CT molecular complexity index is 1130. The Hall–Kier alpha value is -1.56. The monoisotopic (exact) mass is 419 g/mol. The second kappa shape index (κ2) is 6.80. The first-order valence-corrected chi connectivity index (χ1v) is 11.8. The van der Waals surface area contributed by atoms with E-state index in [1.165, 1.54) is 26.0 Å². The molecule has 0 saturated carbocycles. The second-order valence-electron chi connectivity index (χ2n) is 7.14. The molecule has 4 rings (SSSR count). The Morgan fingerprint density at radius 3 is 2.67 bits per heavy atom. The maximum atomic E-state index is 13.5. The van der Waals surface area contributed by atoms with E-state index in [2.05, 4.69) is 26.8 Å². The molecule has 3 nitrogen and oxygen atoms in total. The van der Waals surface area contributed by atoms with Crippen molar-refractivity contribution in [3.05, 3.63) is 62.4 Å². The van der Waals surface area contributed by atoms with Crippen LogP contribution in [-0.4, -0.2) is 12.4 Å². The highest BCUT2D eigenvalue weighted by molar-refractivity contribution is 7.90. The maximum absolute atomic E-state index is 13.5. The fraction of sp³-hybridized carbons (Fsp3) is 0.333. The van der Waals surface area contributed by atoms with Crippen LogP contribution in [0, 0.1) is 13.8 Å². The van der Waals surface area contributed by atoms with Gasteiger partial charge in [0.1, 0.15) is 0 Å². The number of hydrogen-bond donors (Lipinski definition) is 0. The van der Waals surface area contributed by atoms with Crippen molar-refractivity contribution >= 4 is 33.0 Å². The predicted octanol–water partition coefficient (Wildman–Crippen LogP) is 6.16. The lowest BCUT2D eigenvalue weighted by atomic mass is 10.0. The van der Waals surface area contributed by atoms with Crippen molar-refractivity contribution < 1.29 is 8.42 Å². The van der Waals surface area contributed by atoms with Crippen LogP contribution in [0.2, 0.25) is 5.02 Å². The van der Waals surface area contributed by atoms with Crippen LogP contribution in [0.5, 0.6) is 0 Å². The molecule has 1 aliphatic rings. The van der Waals surface area contributed by atoms with Crippen molar-refractivity contribution in [2.75, 3.05) is 0 Å². The number of fused-ring (bicyclic) bond motifs is 1. The van der Waals surface area contributed by atoms with Crippen LogP contribution < -0.4 is 0 Å². The number of halogens is 1. The van der Waals surface area contributed by atoms with Crippen molar-refractivity contribution in [2.45, 2.75) is 50.8 Å². The Morgan fingerprint density at radius 1 is 1.26 bits per heavy atom. The molecular weight excluding hydrogens is 398 g/mol. The minimum Gasteiger partial charge on any atom is -0.241 e. The summed E-state index contributed by atoms with van der Waals surface area (Å²) in [7, 11) is -3.72. The van der Waals surface area contributed by atoms with Gasteiger partial charge in [-0.1, -0.05) is 24.6 Å². The first-order chi connectivity index (χ1) is 12.8. The molecule has 0 radical (unpaired) electrons. The fourth-order valence-corrected chi connectivity index (χ4v) is 6.76. The van der Waals surface area contributed by atoms with Crippen molar-refractivity contribution in [1.29, 1.82) is 0 Å². The zero-order valence-electron chi connectivity index (χ0n) is 15.6. The van der Waals surface area contributed by atoms with Gasteiger partial charge in [-0.15, -0.1) is 11.3 Å². The normalized spacial score (nSPS) is 16.7. The van der Waals surface area contributed by atoms with Crippen LogP contribution in [0.1, 0.15) is 46.6 Å². The number of aryl methyl sites for hydroxylation is 2. The van der Waals surface area contributed by atoms with E-state index in [0.717, 1.165) is 35.4 Å². The Morgan fingerprint density at radius 2 is 2.04 bits per heavy atom. The summed E-state index contributed by atoms with van der Waals surface area (Å²) in [5.74, 6) is 0.426. The van der Waals surface area contributed by atoms with Crippen LogP contribution in [0.25, 0.3) is 11.3 Å². The van der Waals surface area contributed by atoms with E-state index < -0.39 is 10.0 Å². The molecule has 0 fully saturated rings. The third kappa shape index (κ3) is 3.06. The third-order valence-corrected chi connectivity index (χ3v) is 8.29. The van der Waals surface area contributed by atoms with Crippen molar-refractivity contribution in [2.24, 2.45) is 0 Å². The van der Waals surface area contributed by atoms with Crippen LogP contribution in [0.15, 0.2) is 41.4 Å². The molecule has 0 N–H and O–H groups in total. The van der Waals surface area contributed by atoms with Crippen LogP contribution in [-0.2, 0) is 16.4 Å². The van der Waals surface area contributed by atoms with Crippen LogP contribution in [0.3, 0.4) is 0 Å². The quantitative estimate of drug-likeness (QED) is 0.507. The molecule has 0 saturated heterocycles. The number of hydrogen-bond acceptors (Lipinski definition) is 3. The number of nitrogens with zero attached hydrogens (tertiary/aromatic N) is 1. The molecule has 0 amide bonds. The molecule has 1 unspecified atom stereocenters. The van der Waals surface area contributed by atoms with Crippen molar-refractivity contribution in [3.8, 4) is 11.3 Å². The second-order valence-corrected chi connectivity index (χ2v) is 10.9. The van der Waals surface area contributed by atoms with Gasteiger partial charge in [-0.3, -0.25) is 0 Å². The molecule has 1 aliphatic carbocycles. The van der Waals surface area contributed by atoms with E-state index in [0.29, 0.717) is 10.9 Å². The number of benzene rings is 1. The first-order valence-electron chi connectivity index (χ1n) is 9.15. The largest absolute Gasteiger partial charge is 0.268 e. The van der Waals surface area contributed by atoms with Gasteiger partial charge in [-0.25, -0.2) is 12.4 Å². The van der Waals surface area contributed by atoms with E-state index in [4.69, 9.17) is 11.6 Å². The lowest BCUT2D eigenvalue weighted by molar-refractivity contribution is 0.586. The molecule has 0 bridgehead atoms. The van der Waals surface area contributed by atoms with Gasteiger partial charge in [0, 0.05) is 26.5 Å². The SMILES string of the molecule is CCC1CCc2c1cn(S(=O)(=O)c1cccc(Cl)c1)c2-c1cc(C)sc1C. The van der Waals surface area contributed by atoms with Gasteiger partial charge in [-0.2, -0.15) is 0 Å². The van der Waals surface area contributed by atoms with Gasteiger partial charge in [0.15, 0.2) is 0 Å². The Labute approximate surface area is 169 Å². The minimum absolute atomic E-state index is 0.225. The topological polar surface area (TPSA) is 39.1 Å². The molecule has 2 heterocycles. The molecule has 27 heavy (non-hydrogen) atoms. The molecule has 3 aromatic rings. The van der Waals surface area contributed by atoms with E-state index in [1.807, 2.05) is 6.20 Å². The Kier molecular flexibility index (Phi) is 4.73.